The average Bonchev–Trinajstić information content (AvgIpc) is 3.23. The lowest BCUT2D eigenvalue weighted by atomic mass is 10.0. The van der Waals surface area contributed by atoms with Gasteiger partial charge in [0.25, 0.3) is 5.91 Å². The summed E-state index contributed by atoms with van der Waals surface area (Å²) in [6, 6.07) is 4.89. The van der Waals surface area contributed by atoms with Gasteiger partial charge in [-0.25, -0.2) is 4.98 Å². The molecule has 0 aliphatic carbocycles. The standard InChI is InChI=1S/C19H23N5O2/c1-3-4-10-19(22-23-19)11-12-20-17(25)16-9-6-13-24(16)18(26)15-8-5-7-14(2)21-15/h1,5,7-8,16H,4,6,9-13H2,2H3,(H,20,25). The molecular formula is C19H23N5O2. The van der Waals surface area contributed by atoms with Crippen molar-refractivity contribution < 1.29 is 9.59 Å². The van der Waals surface area contributed by atoms with Crippen LogP contribution in [0.15, 0.2) is 28.4 Å². The van der Waals surface area contributed by atoms with E-state index in [0.717, 1.165) is 12.1 Å². The number of nitrogens with one attached hydrogen (secondary N) is 1. The monoisotopic (exact) mass is 353 g/mol. The van der Waals surface area contributed by atoms with E-state index in [4.69, 9.17) is 6.42 Å². The zero-order valence-electron chi connectivity index (χ0n) is 14.9. The zero-order chi connectivity index (χ0) is 18.6. The van der Waals surface area contributed by atoms with Crippen LogP contribution in [-0.2, 0) is 4.79 Å². The van der Waals surface area contributed by atoms with Gasteiger partial charge in [-0.2, -0.15) is 10.2 Å². The Morgan fingerprint density at radius 3 is 2.88 bits per heavy atom. The number of amides is 2. The average molecular weight is 353 g/mol. The molecule has 2 amide bonds. The third-order valence-corrected chi connectivity index (χ3v) is 4.80. The quantitative estimate of drug-likeness (QED) is 0.761. The number of aryl methyl sites for hydroxylation is 1. The van der Waals surface area contributed by atoms with Gasteiger partial charge in [0.05, 0.1) is 0 Å². The van der Waals surface area contributed by atoms with Crippen LogP contribution in [0.1, 0.15) is 48.3 Å². The van der Waals surface area contributed by atoms with Gasteiger partial charge in [0.2, 0.25) is 5.91 Å². The largest absolute Gasteiger partial charge is 0.354 e. The van der Waals surface area contributed by atoms with Crippen molar-refractivity contribution in [3.8, 4) is 12.3 Å². The molecule has 0 radical (unpaired) electrons. The first-order chi connectivity index (χ1) is 12.5. The van der Waals surface area contributed by atoms with Gasteiger partial charge < -0.3 is 10.2 Å². The topological polar surface area (TPSA) is 87.0 Å². The zero-order valence-corrected chi connectivity index (χ0v) is 14.9. The summed E-state index contributed by atoms with van der Waals surface area (Å²) in [5.41, 5.74) is 0.759. The number of carbonyl (C=O) groups excluding carboxylic acids is 2. The van der Waals surface area contributed by atoms with Gasteiger partial charge in [-0.15, -0.1) is 12.3 Å². The van der Waals surface area contributed by atoms with Gasteiger partial charge in [-0.05, 0) is 31.9 Å². The first-order valence-electron chi connectivity index (χ1n) is 8.94. The van der Waals surface area contributed by atoms with Crippen LogP contribution >= 0.6 is 0 Å². The smallest absolute Gasteiger partial charge is 0.273 e. The molecule has 0 bridgehead atoms. The molecule has 1 atom stereocenters. The second-order valence-corrected chi connectivity index (χ2v) is 6.75. The third kappa shape index (κ3) is 4.07. The minimum Gasteiger partial charge on any atom is -0.354 e. The Balaban J connectivity index is 1.53. The Morgan fingerprint density at radius 2 is 2.19 bits per heavy atom. The summed E-state index contributed by atoms with van der Waals surface area (Å²) >= 11 is 0. The van der Waals surface area contributed by atoms with Crippen molar-refractivity contribution >= 4 is 11.8 Å². The third-order valence-electron chi connectivity index (χ3n) is 4.80. The summed E-state index contributed by atoms with van der Waals surface area (Å²) in [7, 11) is 0. The predicted octanol–water partition coefficient (Wildman–Crippen LogP) is 2.08. The lowest BCUT2D eigenvalue weighted by molar-refractivity contribution is -0.124. The van der Waals surface area contributed by atoms with Gasteiger partial charge in [0, 0.05) is 38.0 Å². The van der Waals surface area contributed by atoms with Crippen molar-refractivity contribution in [2.24, 2.45) is 10.2 Å². The SMILES string of the molecule is C#CCCC1(CCNC(=O)C2CCCN2C(=O)c2cccc(C)n2)N=N1. The number of aromatic nitrogens is 1. The van der Waals surface area contributed by atoms with Crippen LogP contribution in [0.4, 0.5) is 0 Å². The molecule has 7 nitrogen and oxygen atoms in total. The maximum Gasteiger partial charge on any atom is 0.273 e. The molecule has 1 fully saturated rings. The molecule has 1 N–H and O–H groups in total. The molecule has 0 aromatic carbocycles. The molecule has 1 aromatic rings. The van der Waals surface area contributed by atoms with Gasteiger partial charge in [0.1, 0.15) is 11.7 Å². The fourth-order valence-electron chi connectivity index (χ4n) is 3.26. The lowest BCUT2D eigenvalue weighted by Gasteiger charge is -2.24. The van der Waals surface area contributed by atoms with Gasteiger partial charge in [-0.1, -0.05) is 6.07 Å². The van der Waals surface area contributed by atoms with Gasteiger partial charge >= 0.3 is 0 Å². The van der Waals surface area contributed by atoms with E-state index >= 15 is 0 Å². The molecule has 3 heterocycles. The van der Waals surface area contributed by atoms with E-state index in [-0.39, 0.29) is 11.8 Å². The molecule has 26 heavy (non-hydrogen) atoms. The van der Waals surface area contributed by atoms with Crippen molar-refractivity contribution in [2.75, 3.05) is 13.1 Å². The van der Waals surface area contributed by atoms with Crippen molar-refractivity contribution in [1.29, 1.82) is 0 Å². The molecule has 136 valence electrons. The van der Waals surface area contributed by atoms with E-state index in [1.54, 1.807) is 17.0 Å². The molecule has 1 aromatic heterocycles. The first kappa shape index (κ1) is 18.1. The molecule has 0 spiro atoms. The lowest BCUT2D eigenvalue weighted by Crippen LogP contribution is -2.46. The van der Waals surface area contributed by atoms with Crippen molar-refractivity contribution in [1.82, 2.24) is 15.2 Å². The number of pyridine rings is 1. The highest BCUT2D eigenvalue weighted by Gasteiger charge is 2.39. The maximum absolute atomic E-state index is 12.7. The fourth-order valence-corrected chi connectivity index (χ4v) is 3.26. The van der Waals surface area contributed by atoms with Gasteiger partial charge in [0.15, 0.2) is 5.66 Å². The Kier molecular flexibility index (Phi) is 5.31. The minimum atomic E-state index is -0.445. The van der Waals surface area contributed by atoms with Gasteiger partial charge in [-0.3, -0.25) is 9.59 Å². The molecule has 7 heteroatoms. The first-order valence-corrected chi connectivity index (χ1v) is 8.94. The number of hydrogen-bond acceptors (Lipinski definition) is 5. The fraction of sp³-hybridized carbons (Fsp3) is 0.526. The Hall–Kier alpha value is -2.75. The van der Waals surface area contributed by atoms with Crippen LogP contribution in [-0.4, -0.2) is 46.5 Å². The molecule has 0 saturated carbocycles. The van der Waals surface area contributed by atoms with Crippen LogP contribution in [0.5, 0.6) is 0 Å². The van der Waals surface area contributed by atoms with E-state index in [2.05, 4.69) is 26.4 Å². The molecule has 2 aliphatic rings. The molecular weight excluding hydrogens is 330 g/mol. The second-order valence-electron chi connectivity index (χ2n) is 6.75. The van der Waals surface area contributed by atoms with E-state index in [1.807, 2.05) is 13.0 Å². The van der Waals surface area contributed by atoms with Crippen molar-refractivity contribution in [3.05, 3.63) is 29.6 Å². The van der Waals surface area contributed by atoms with E-state index < -0.39 is 11.7 Å². The highest BCUT2D eigenvalue weighted by atomic mass is 16.2. The predicted molar refractivity (Wildman–Crippen MR) is 96.3 cm³/mol. The van der Waals surface area contributed by atoms with Crippen LogP contribution in [0.3, 0.4) is 0 Å². The van der Waals surface area contributed by atoms with E-state index in [9.17, 15) is 9.59 Å². The van der Waals surface area contributed by atoms with Crippen molar-refractivity contribution in [2.45, 2.75) is 50.7 Å². The summed E-state index contributed by atoms with van der Waals surface area (Å²) in [4.78, 5) is 31.2. The molecule has 3 rings (SSSR count). The summed E-state index contributed by atoms with van der Waals surface area (Å²) in [5, 5.41) is 11.0. The summed E-state index contributed by atoms with van der Waals surface area (Å²) in [5.74, 6) is 2.27. The Morgan fingerprint density at radius 1 is 1.38 bits per heavy atom. The normalized spacial score (nSPS) is 19.8. The van der Waals surface area contributed by atoms with E-state index in [0.29, 0.717) is 44.5 Å². The Bertz CT molecular complexity index is 761. The number of carbonyl (C=O) groups is 2. The number of likely N-dealkylation sites (tertiary alicyclic amines) is 1. The highest BCUT2D eigenvalue weighted by molar-refractivity contribution is 5.96. The van der Waals surface area contributed by atoms with Crippen LogP contribution < -0.4 is 5.32 Å². The minimum absolute atomic E-state index is 0.128. The number of hydrogen-bond donors (Lipinski definition) is 1. The van der Waals surface area contributed by atoms with Crippen LogP contribution in [0.2, 0.25) is 0 Å². The summed E-state index contributed by atoms with van der Waals surface area (Å²) in [6.07, 6.45) is 8.73. The van der Waals surface area contributed by atoms with Crippen LogP contribution in [0, 0.1) is 19.3 Å². The molecule has 1 unspecified atom stereocenters. The highest BCUT2D eigenvalue weighted by Crippen LogP contribution is 2.36. The molecule has 1 saturated heterocycles. The maximum atomic E-state index is 12.7. The Labute approximate surface area is 153 Å². The summed E-state index contributed by atoms with van der Waals surface area (Å²) in [6.45, 7) is 2.88. The number of terminal acetylenes is 1. The van der Waals surface area contributed by atoms with Crippen LogP contribution in [0.25, 0.3) is 0 Å². The van der Waals surface area contributed by atoms with E-state index in [1.165, 1.54) is 0 Å². The summed E-state index contributed by atoms with van der Waals surface area (Å²) < 4.78 is 0. The second kappa shape index (κ2) is 7.65. The molecule has 2 aliphatic heterocycles. The number of rotatable bonds is 7. The van der Waals surface area contributed by atoms with Crippen molar-refractivity contribution in [3.63, 3.8) is 0 Å². The number of nitrogens with zero attached hydrogens (tertiary/aromatic N) is 4.